The highest BCUT2D eigenvalue weighted by Crippen LogP contribution is 2.31. The van der Waals surface area contributed by atoms with Crippen molar-refractivity contribution >= 4 is 17.1 Å². The van der Waals surface area contributed by atoms with E-state index in [-0.39, 0.29) is 23.7 Å². The van der Waals surface area contributed by atoms with Gasteiger partial charge in [-0.2, -0.15) is 4.98 Å². The van der Waals surface area contributed by atoms with Crippen LogP contribution in [-0.2, 0) is 11.3 Å². The summed E-state index contributed by atoms with van der Waals surface area (Å²) in [4.78, 5) is 30.8. The third-order valence-corrected chi connectivity index (χ3v) is 3.80. The van der Waals surface area contributed by atoms with Crippen LogP contribution < -0.4 is 17.0 Å². The SMILES string of the molecule is C#CCn1c(=O)n([C@@H]2O[C@H](CO)[C@H](F)[C@@H]2O)c2nc(N)[nH]c(=O)c21. The summed E-state index contributed by atoms with van der Waals surface area (Å²) in [6.07, 6.45) is -1.26. The van der Waals surface area contributed by atoms with Crippen LogP contribution in [0.2, 0.25) is 0 Å². The van der Waals surface area contributed by atoms with E-state index in [1.54, 1.807) is 0 Å². The molecule has 10 nitrogen and oxygen atoms in total. The lowest BCUT2D eigenvalue weighted by Crippen LogP contribution is -2.34. The van der Waals surface area contributed by atoms with Gasteiger partial charge in [0.2, 0.25) is 5.95 Å². The van der Waals surface area contributed by atoms with Crippen LogP contribution in [0.3, 0.4) is 0 Å². The number of rotatable bonds is 3. The second-order valence-electron chi connectivity index (χ2n) is 5.25. The number of nitrogens with one attached hydrogen (secondary N) is 1. The van der Waals surface area contributed by atoms with Gasteiger partial charge in [0.25, 0.3) is 5.56 Å². The van der Waals surface area contributed by atoms with E-state index in [2.05, 4.69) is 15.9 Å². The first-order chi connectivity index (χ1) is 11.4. The average Bonchev–Trinajstić information content (AvgIpc) is 2.96. The lowest BCUT2D eigenvalue weighted by molar-refractivity contribution is -0.0513. The number of halogens is 1. The zero-order chi connectivity index (χ0) is 17.6. The number of aromatic nitrogens is 4. The van der Waals surface area contributed by atoms with E-state index in [0.29, 0.717) is 0 Å². The highest BCUT2D eigenvalue weighted by Gasteiger charge is 2.46. The highest BCUT2D eigenvalue weighted by atomic mass is 19.1. The standard InChI is InChI=1S/C13H14FN5O5/c1-2-3-18-7-9(16-12(15)17-10(7)22)19(13(18)23)11-8(21)6(14)5(4-20)24-11/h1,5-6,8,11,20-21H,3-4H2,(H3,15,16,17,22)/t5-,6+,8+,11-/m1/s1. The van der Waals surface area contributed by atoms with Crippen molar-refractivity contribution in [2.45, 2.75) is 31.2 Å². The van der Waals surface area contributed by atoms with Crippen LogP contribution in [-0.4, -0.2) is 54.3 Å². The summed E-state index contributed by atoms with van der Waals surface area (Å²) < 4.78 is 20.9. The van der Waals surface area contributed by atoms with Crippen molar-refractivity contribution < 1.29 is 19.3 Å². The number of hydrogen-bond acceptors (Lipinski definition) is 7. The minimum absolute atomic E-state index is 0.175. The molecule has 0 amide bonds. The number of nitrogens with zero attached hydrogens (tertiary/aromatic N) is 3. The number of aliphatic hydroxyl groups is 2. The summed E-state index contributed by atoms with van der Waals surface area (Å²) in [7, 11) is 0. The van der Waals surface area contributed by atoms with Gasteiger partial charge in [-0.15, -0.1) is 6.42 Å². The number of nitrogens with two attached hydrogens (primary N) is 1. The maximum atomic E-state index is 14.0. The zero-order valence-electron chi connectivity index (χ0n) is 12.2. The van der Waals surface area contributed by atoms with Gasteiger partial charge in [0.1, 0.15) is 12.2 Å². The molecule has 3 rings (SSSR count). The number of H-pyrrole nitrogens is 1. The Labute approximate surface area is 133 Å². The quantitative estimate of drug-likeness (QED) is 0.459. The summed E-state index contributed by atoms with van der Waals surface area (Å²) in [5.74, 6) is 1.95. The molecule has 2 aromatic rings. The molecule has 1 aliphatic heterocycles. The summed E-state index contributed by atoms with van der Waals surface area (Å²) in [5, 5.41) is 19.1. The van der Waals surface area contributed by atoms with E-state index in [1.165, 1.54) is 0 Å². The molecule has 1 aliphatic rings. The number of ether oxygens (including phenoxy) is 1. The Morgan fingerprint density at radius 1 is 1.50 bits per heavy atom. The van der Waals surface area contributed by atoms with Gasteiger partial charge in [0.05, 0.1) is 13.2 Å². The number of imidazole rings is 1. The van der Waals surface area contributed by atoms with Gasteiger partial charge in [-0.25, -0.2) is 13.8 Å². The topological polar surface area (TPSA) is 148 Å². The van der Waals surface area contributed by atoms with E-state index in [4.69, 9.17) is 22.0 Å². The fourth-order valence-electron chi connectivity index (χ4n) is 2.74. The van der Waals surface area contributed by atoms with Crippen LogP contribution in [0, 0.1) is 12.3 Å². The monoisotopic (exact) mass is 339 g/mol. The average molecular weight is 339 g/mol. The number of aromatic amines is 1. The molecule has 0 unspecified atom stereocenters. The molecule has 1 fully saturated rings. The first-order valence-corrected chi connectivity index (χ1v) is 6.93. The first kappa shape index (κ1) is 16.2. The molecule has 3 heterocycles. The maximum absolute atomic E-state index is 14.0. The van der Waals surface area contributed by atoms with Gasteiger partial charge >= 0.3 is 5.69 Å². The molecule has 1 saturated heterocycles. The Balaban J connectivity index is 2.30. The molecule has 11 heteroatoms. The lowest BCUT2D eigenvalue weighted by Gasteiger charge is -2.15. The third kappa shape index (κ3) is 2.20. The van der Waals surface area contributed by atoms with Gasteiger partial charge in [-0.05, 0) is 0 Å². The van der Waals surface area contributed by atoms with Crippen molar-refractivity contribution in [1.29, 1.82) is 0 Å². The first-order valence-electron chi connectivity index (χ1n) is 6.93. The smallest absolute Gasteiger partial charge is 0.333 e. The molecule has 0 saturated carbocycles. The second kappa shape index (κ2) is 5.75. The van der Waals surface area contributed by atoms with Crippen molar-refractivity contribution in [1.82, 2.24) is 19.1 Å². The number of nitrogen functional groups attached to an aromatic ring is 1. The molecular formula is C13H14FN5O5. The van der Waals surface area contributed by atoms with Gasteiger partial charge in [0, 0.05) is 0 Å². The molecule has 0 aliphatic carbocycles. The van der Waals surface area contributed by atoms with E-state index >= 15 is 0 Å². The van der Waals surface area contributed by atoms with Crippen molar-refractivity contribution in [3.05, 3.63) is 20.8 Å². The Hall–Kier alpha value is -2.68. The van der Waals surface area contributed by atoms with Gasteiger partial charge in [-0.3, -0.25) is 14.3 Å². The maximum Gasteiger partial charge on any atom is 0.333 e. The Bertz CT molecular complexity index is 941. The lowest BCUT2D eigenvalue weighted by atomic mass is 10.1. The summed E-state index contributed by atoms with van der Waals surface area (Å²) >= 11 is 0. The molecule has 128 valence electrons. The fraction of sp³-hybridized carbons (Fsp3) is 0.462. The van der Waals surface area contributed by atoms with E-state index < -0.39 is 42.5 Å². The number of hydrogen-bond donors (Lipinski definition) is 4. The van der Waals surface area contributed by atoms with Crippen LogP contribution in [0.15, 0.2) is 9.59 Å². The molecule has 0 spiro atoms. The van der Waals surface area contributed by atoms with Crippen molar-refractivity contribution in [2.24, 2.45) is 0 Å². The molecule has 24 heavy (non-hydrogen) atoms. The molecule has 0 bridgehead atoms. The summed E-state index contributed by atoms with van der Waals surface area (Å²) in [6.45, 7) is -0.940. The molecule has 0 radical (unpaired) electrons. The molecule has 4 atom stereocenters. The van der Waals surface area contributed by atoms with Gasteiger partial charge < -0.3 is 20.7 Å². The molecular weight excluding hydrogens is 325 g/mol. The van der Waals surface area contributed by atoms with Crippen molar-refractivity contribution in [3.63, 3.8) is 0 Å². The summed E-state index contributed by atoms with van der Waals surface area (Å²) in [5.41, 5.74) is 3.58. The number of fused-ring (bicyclic) bond motifs is 1. The Morgan fingerprint density at radius 2 is 2.21 bits per heavy atom. The van der Waals surface area contributed by atoms with Crippen LogP contribution in [0.5, 0.6) is 0 Å². The summed E-state index contributed by atoms with van der Waals surface area (Å²) in [6, 6.07) is 0. The van der Waals surface area contributed by atoms with E-state index in [9.17, 15) is 19.1 Å². The van der Waals surface area contributed by atoms with Crippen molar-refractivity contribution in [3.8, 4) is 12.3 Å². The number of anilines is 1. The molecule has 2 aromatic heterocycles. The predicted molar refractivity (Wildman–Crippen MR) is 79.8 cm³/mol. The van der Waals surface area contributed by atoms with Gasteiger partial charge in [0.15, 0.2) is 23.6 Å². The minimum atomic E-state index is -1.92. The van der Waals surface area contributed by atoms with Crippen LogP contribution in [0.4, 0.5) is 10.3 Å². The highest BCUT2D eigenvalue weighted by molar-refractivity contribution is 5.72. The normalized spacial score (nSPS) is 26.8. The second-order valence-corrected chi connectivity index (χ2v) is 5.25. The largest absolute Gasteiger partial charge is 0.394 e. The van der Waals surface area contributed by atoms with E-state index in [1.807, 2.05) is 0 Å². The zero-order valence-corrected chi connectivity index (χ0v) is 12.2. The van der Waals surface area contributed by atoms with Crippen LogP contribution in [0.1, 0.15) is 6.23 Å². The molecule has 0 aromatic carbocycles. The predicted octanol–water partition coefficient (Wildman–Crippen LogP) is -2.31. The Kier molecular flexibility index (Phi) is 3.88. The number of aliphatic hydroxyl groups excluding tert-OH is 2. The number of terminal acetylenes is 1. The van der Waals surface area contributed by atoms with Gasteiger partial charge in [-0.1, -0.05) is 5.92 Å². The minimum Gasteiger partial charge on any atom is -0.394 e. The third-order valence-electron chi connectivity index (χ3n) is 3.80. The van der Waals surface area contributed by atoms with E-state index in [0.717, 1.165) is 9.13 Å². The Morgan fingerprint density at radius 3 is 2.79 bits per heavy atom. The number of alkyl halides is 1. The fourth-order valence-corrected chi connectivity index (χ4v) is 2.74. The van der Waals surface area contributed by atoms with Crippen molar-refractivity contribution in [2.75, 3.05) is 12.3 Å². The van der Waals surface area contributed by atoms with Crippen LogP contribution >= 0.6 is 0 Å². The van der Waals surface area contributed by atoms with Crippen LogP contribution in [0.25, 0.3) is 11.2 Å². The molecule has 5 N–H and O–H groups in total.